The van der Waals surface area contributed by atoms with Gasteiger partial charge in [0, 0.05) is 17.5 Å². The van der Waals surface area contributed by atoms with Crippen molar-refractivity contribution in [2.45, 2.75) is 32.7 Å². The van der Waals surface area contributed by atoms with E-state index in [1.54, 1.807) is 11.3 Å². The molecule has 1 atom stereocenters. The molecule has 2 aromatic rings. The largest absolute Gasteiger partial charge is 0.271 e. The molecule has 7 heteroatoms. The number of hydrogen-bond acceptors (Lipinski definition) is 7. The van der Waals surface area contributed by atoms with Gasteiger partial charge in [0.2, 0.25) is 0 Å². The fraction of sp³-hybridized carbons (Fsp3) is 0.500. The Hall–Kier alpha value is -0.890. The molecule has 0 aliphatic carbocycles. The molecular weight excluding hydrogens is 254 g/mol. The summed E-state index contributed by atoms with van der Waals surface area (Å²) in [4.78, 5) is 5.56. The van der Waals surface area contributed by atoms with E-state index >= 15 is 0 Å². The smallest absolute Gasteiger partial charge is 0.0947 e. The molecule has 17 heavy (non-hydrogen) atoms. The van der Waals surface area contributed by atoms with Gasteiger partial charge in [0.1, 0.15) is 0 Å². The van der Waals surface area contributed by atoms with Crippen LogP contribution in [0.2, 0.25) is 0 Å². The molecule has 0 bridgehead atoms. The molecular formula is C10H15N5S2. The molecule has 0 aliphatic heterocycles. The van der Waals surface area contributed by atoms with Gasteiger partial charge in [-0.05, 0) is 24.9 Å². The fourth-order valence-electron chi connectivity index (χ4n) is 1.62. The van der Waals surface area contributed by atoms with Crippen LogP contribution < -0.4 is 11.3 Å². The standard InChI is InChI=1S/C10H15N5S2/c1-3-7-10(17-15-14-7)8(13-11)4-9-12-6(2)5-16-9/h5,8,13H,3-4,11H2,1-2H3. The van der Waals surface area contributed by atoms with Crippen LogP contribution in [0.15, 0.2) is 5.38 Å². The Morgan fingerprint density at radius 1 is 1.53 bits per heavy atom. The zero-order chi connectivity index (χ0) is 12.3. The summed E-state index contributed by atoms with van der Waals surface area (Å²) in [6.07, 6.45) is 1.66. The van der Waals surface area contributed by atoms with E-state index in [1.165, 1.54) is 11.5 Å². The first-order chi connectivity index (χ1) is 8.24. The number of hydrazine groups is 1. The van der Waals surface area contributed by atoms with Crippen LogP contribution >= 0.6 is 22.9 Å². The third-order valence-electron chi connectivity index (χ3n) is 2.48. The molecule has 2 aromatic heterocycles. The highest BCUT2D eigenvalue weighted by atomic mass is 32.1. The lowest BCUT2D eigenvalue weighted by Crippen LogP contribution is -2.29. The van der Waals surface area contributed by atoms with Crippen molar-refractivity contribution in [1.29, 1.82) is 0 Å². The number of nitrogens with two attached hydrogens (primary N) is 1. The molecule has 0 aliphatic rings. The predicted molar refractivity (Wildman–Crippen MR) is 69.9 cm³/mol. The monoisotopic (exact) mass is 269 g/mol. The van der Waals surface area contributed by atoms with E-state index in [2.05, 4.69) is 32.3 Å². The van der Waals surface area contributed by atoms with Crippen LogP contribution in [0.4, 0.5) is 0 Å². The van der Waals surface area contributed by atoms with E-state index in [9.17, 15) is 0 Å². The van der Waals surface area contributed by atoms with Gasteiger partial charge in [0.05, 0.1) is 21.6 Å². The minimum atomic E-state index is 0.0514. The molecule has 0 fully saturated rings. The van der Waals surface area contributed by atoms with Gasteiger partial charge in [-0.2, -0.15) is 0 Å². The Balaban J connectivity index is 2.16. The van der Waals surface area contributed by atoms with Gasteiger partial charge in [-0.25, -0.2) is 4.98 Å². The van der Waals surface area contributed by atoms with Crippen molar-refractivity contribution < 1.29 is 0 Å². The van der Waals surface area contributed by atoms with Crippen molar-refractivity contribution in [3.05, 3.63) is 26.7 Å². The quantitative estimate of drug-likeness (QED) is 0.637. The van der Waals surface area contributed by atoms with Crippen LogP contribution in [-0.4, -0.2) is 14.6 Å². The SMILES string of the molecule is CCc1nnsc1C(Cc1nc(C)cs1)NN. The molecule has 5 nitrogen and oxygen atoms in total. The number of nitrogens with one attached hydrogen (secondary N) is 1. The fourth-order valence-corrected chi connectivity index (χ4v) is 3.24. The van der Waals surface area contributed by atoms with Crippen molar-refractivity contribution in [3.8, 4) is 0 Å². The topological polar surface area (TPSA) is 76.7 Å². The molecule has 0 amide bonds. The van der Waals surface area contributed by atoms with Gasteiger partial charge in [0.15, 0.2) is 0 Å². The molecule has 0 aromatic carbocycles. The van der Waals surface area contributed by atoms with E-state index in [0.717, 1.165) is 34.1 Å². The Morgan fingerprint density at radius 2 is 2.35 bits per heavy atom. The van der Waals surface area contributed by atoms with Gasteiger partial charge in [-0.15, -0.1) is 16.4 Å². The summed E-state index contributed by atoms with van der Waals surface area (Å²) in [7, 11) is 0. The van der Waals surface area contributed by atoms with Crippen LogP contribution in [0.3, 0.4) is 0 Å². The molecule has 2 rings (SSSR count). The number of nitrogens with zero attached hydrogens (tertiary/aromatic N) is 3. The lowest BCUT2D eigenvalue weighted by Gasteiger charge is -2.12. The number of aromatic nitrogens is 3. The first-order valence-corrected chi connectivity index (χ1v) is 7.08. The molecule has 0 radical (unpaired) electrons. The molecule has 0 spiro atoms. The molecule has 0 saturated heterocycles. The first kappa shape index (κ1) is 12.6. The van der Waals surface area contributed by atoms with Crippen LogP contribution in [0, 0.1) is 6.92 Å². The van der Waals surface area contributed by atoms with Gasteiger partial charge < -0.3 is 0 Å². The average molecular weight is 269 g/mol. The van der Waals surface area contributed by atoms with Crippen LogP contribution in [-0.2, 0) is 12.8 Å². The Morgan fingerprint density at radius 3 is 2.94 bits per heavy atom. The molecule has 92 valence electrons. The molecule has 3 N–H and O–H groups in total. The summed E-state index contributed by atoms with van der Waals surface area (Å²) in [5.41, 5.74) is 4.91. The van der Waals surface area contributed by atoms with E-state index in [-0.39, 0.29) is 6.04 Å². The van der Waals surface area contributed by atoms with E-state index < -0.39 is 0 Å². The third-order valence-corrected chi connectivity index (χ3v) is 4.35. The van der Waals surface area contributed by atoms with Crippen LogP contribution in [0.25, 0.3) is 0 Å². The van der Waals surface area contributed by atoms with Gasteiger partial charge >= 0.3 is 0 Å². The summed E-state index contributed by atoms with van der Waals surface area (Å²) in [5, 5.41) is 7.24. The van der Waals surface area contributed by atoms with E-state index in [0.29, 0.717) is 0 Å². The highest BCUT2D eigenvalue weighted by Crippen LogP contribution is 2.25. The maximum atomic E-state index is 5.62. The van der Waals surface area contributed by atoms with Crippen LogP contribution in [0.1, 0.15) is 34.2 Å². The number of thiazole rings is 1. The predicted octanol–water partition coefficient (Wildman–Crippen LogP) is 1.61. The second kappa shape index (κ2) is 5.63. The summed E-state index contributed by atoms with van der Waals surface area (Å²) >= 11 is 3.07. The highest BCUT2D eigenvalue weighted by molar-refractivity contribution is 7.09. The maximum Gasteiger partial charge on any atom is 0.0947 e. The van der Waals surface area contributed by atoms with Crippen molar-refractivity contribution >= 4 is 22.9 Å². The summed E-state index contributed by atoms with van der Waals surface area (Å²) in [5.74, 6) is 5.62. The zero-order valence-corrected chi connectivity index (χ0v) is 11.4. The average Bonchev–Trinajstić information content (AvgIpc) is 2.94. The molecule has 1 unspecified atom stereocenters. The summed E-state index contributed by atoms with van der Waals surface area (Å²) in [6.45, 7) is 4.07. The number of rotatable bonds is 5. The van der Waals surface area contributed by atoms with Crippen LogP contribution in [0.5, 0.6) is 0 Å². The third kappa shape index (κ3) is 2.86. The van der Waals surface area contributed by atoms with E-state index in [4.69, 9.17) is 5.84 Å². The van der Waals surface area contributed by atoms with Crippen molar-refractivity contribution in [1.82, 2.24) is 20.0 Å². The van der Waals surface area contributed by atoms with Gasteiger partial charge in [-0.3, -0.25) is 11.3 Å². The molecule has 2 heterocycles. The minimum Gasteiger partial charge on any atom is -0.271 e. The highest BCUT2D eigenvalue weighted by Gasteiger charge is 2.19. The lowest BCUT2D eigenvalue weighted by molar-refractivity contribution is 0.553. The normalized spacial score (nSPS) is 12.9. The van der Waals surface area contributed by atoms with Crippen molar-refractivity contribution in [3.63, 3.8) is 0 Å². The van der Waals surface area contributed by atoms with E-state index in [1.807, 2.05) is 6.92 Å². The Kier molecular flexibility index (Phi) is 4.16. The zero-order valence-electron chi connectivity index (χ0n) is 9.80. The Bertz CT molecular complexity index is 479. The van der Waals surface area contributed by atoms with Gasteiger partial charge in [0.25, 0.3) is 0 Å². The lowest BCUT2D eigenvalue weighted by atomic mass is 10.1. The first-order valence-electron chi connectivity index (χ1n) is 5.42. The maximum absolute atomic E-state index is 5.62. The Labute approximate surface area is 108 Å². The van der Waals surface area contributed by atoms with Crippen molar-refractivity contribution in [2.75, 3.05) is 0 Å². The molecule has 0 saturated carbocycles. The summed E-state index contributed by atoms with van der Waals surface area (Å²) in [6, 6.07) is 0.0514. The summed E-state index contributed by atoms with van der Waals surface area (Å²) < 4.78 is 3.99. The van der Waals surface area contributed by atoms with Gasteiger partial charge in [-0.1, -0.05) is 11.4 Å². The second-order valence-electron chi connectivity index (χ2n) is 3.74. The minimum absolute atomic E-state index is 0.0514. The number of aryl methyl sites for hydroxylation is 2. The second-order valence-corrected chi connectivity index (χ2v) is 5.47. The number of hydrogen-bond donors (Lipinski definition) is 2. The van der Waals surface area contributed by atoms with Crippen molar-refractivity contribution in [2.24, 2.45) is 5.84 Å².